The van der Waals surface area contributed by atoms with Crippen LogP contribution in [0.5, 0.6) is 0 Å². The third kappa shape index (κ3) is 1360. The van der Waals surface area contributed by atoms with Crippen LogP contribution >= 0.6 is 0 Å². The molecule has 0 aliphatic carbocycles. The zero-order chi connectivity index (χ0) is 0. The van der Waals surface area contributed by atoms with Gasteiger partial charge in [-0.2, -0.15) is 0 Å². The maximum atomic E-state index is 0. The van der Waals surface area contributed by atoms with Crippen LogP contribution in [0.15, 0.2) is 0 Å². The molecule has 0 aliphatic heterocycles. The summed E-state index contributed by atoms with van der Waals surface area (Å²) in [6.45, 7) is 0. The Morgan fingerprint density at radius 1 is 0.429 bits per heavy atom. The summed E-state index contributed by atoms with van der Waals surface area (Å²) in [4.78, 5) is 0. The van der Waals surface area contributed by atoms with Crippen molar-refractivity contribution in [1.82, 2.24) is 0 Å². The molecule has 7 heteroatoms. The van der Waals surface area contributed by atoms with E-state index in [1.54, 1.807) is 0 Å². The molecule has 0 fully saturated rings. The van der Waals surface area contributed by atoms with Gasteiger partial charge >= 0.3 is 17.4 Å². The topological polar surface area (TPSA) is 184 Å². The van der Waals surface area contributed by atoms with Crippen LogP contribution in [0, 0.1) is 0 Å². The molecule has 0 aromatic rings. The first-order valence-electron chi connectivity index (χ1n) is 0. The molecular formula is H9CrO6. The predicted octanol–water partition coefficient (Wildman–Crippen LogP) is -2.08. The summed E-state index contributed by atoms with van der Waals surface area (Å²) < 4.78 is 0. The molecule has 1 radical (unpaired) electrons. The molecule has 0 heterocycles. The Hall–Kier alpha value is 0.292. The molecule has 51 valence electrons. The molecule has 7 heavy (non-hydrogen) atoms. The van der Waals surface area contributed by atoms with Gasteiger partial charge < -0.3 is 32.9 Å². The zero-order valence-electron chi connectivity index (χ0n) is 3.35. The van der Waals surface area contributed by atoms with Crippen molar-refractivity contribution in [2.24, 2.45) is 0 Å². The normalized spacial score (nSPS) is 0. The van der Waals surface area contributed by atoms with Gasteiger partial charge in [-0.25, -0.2) is 0 Å². The third-order valence-electron chi connectivity index (χ3n) is 0. The largest absolute Gasteiger partial charge is 3.00 e. The van der Waals surface area contributed by atoms with Crippen molar-refractivity contribution in [3.8, 4) is 0 Å². The van der Waals surface area contributed by atoms with Crippen molar-refractivity contribution in [2.75, 3.05) is 0 Å². The van der Waals surface area contributed by atoms with Crippen molar-refractivity contribution >= 4 is 0 Å². The summed E-state index contributed by atoms with van der Waals surface area (Å²) in [6, 6.07) is 0. The van der Waals surface area contributed by atoms with Gasteiger partial charge in [-0.1, -0.05) is 0 Å². The second-order valence-electron chi connectivity index (χ2n) is 0. The van der Waals surface area contributed by atoms with Crippen molar-refractivity contribution in [3.63, 3.8) is 0 Å². The smallest absolute Gasteiger partial charge is 0.873 e. The number of hydrogen-bond donors (Lipinski definition) is 0. The van der Waals surface area contributed by atoms with E-state index in [0.717, 1.165) is 0 Å². The van der Waals surface area contributed by atoms with Gasteiger partial charge in [0.05, 0.1) is 0 Å². The molecule has 0 saturated carbocycles. The van der Waals surface area contributed by atoms with Crippen LogP contribution in [-0.4, -0.2) is 27.4 Å². The zero-order valence-corrected chi connectivity index (χ0v) is 4.63. The van der Waals surface area contributed by atoms with E-state index >= 15 is 0 Å². The summed E-state index contributed by atoms with van der Waals surface area (Å²) in [5.41, 5.74) is 0. The van der Waals surface area contributed by atoms with Crippen LogP contribution < -0.4 is 0 Å². The predicted molar refractivity (Wildman–Crippen MR) is 15.9 cm³/mol. The van der Waals surface area contributed by atoms with Gasteiger partial charge in [-0.3, -0.25) is 0 Å². The van der Waals surface area contributed by atoms with Crippen LogP contribution in [0.1, 0.15) is 0 Å². The first-order chi connectivity index (χ1) is 0. The molecule has 0 spiro atoms. The molecule has 9 N–H and O–H groups in total. The van der Waals surface area contributed by atoms with Crippen LogP contribution in [0.4, 0.5) is 0 Å². The second-order valence-corrected chi connectivity index (χ2v) is 0. The molecule has 0 unspecified atom stereocenters. The molecule has 0 saturated heterocycles. The minimum absolute atomic E-state index is 0. The summed E-state index contributed by atoms with van der Waals surface area (Å²) >= 11 is 0. The Morgan fingerprint density at radius 3 is 0.429 bits per heavy atom. The average molecular weight is 157 g/mol. The first kappa shape index (κ1) is 3380. The summed E-state index contributed by atoms with van der Waals surface area (Å²) in [6.07, 6.45) is 0. The van der Waals surface area contributed by atoms with E-state index in [9.17, 15) is 0 Å². The standard InChI is InChI=1S/Cr.H4O.5H2O/h;1H4;5*1H2/q+3;+2;;;;;/p-5. The Kier molecular flexibility index (Phi) is 994000. The van der Waals surface area contributed by atoms with Gasteiger partial charge in [-0.15, -0.1) is 0 Å². The van der Waals surface area contributed by atoms with Crippen LogP contribution in [0.3, 0.4) is 0 Å². The number of rotatable bonds is 0. The van der Waals surface area contributed by atoms with Crippen molar-refractivity contribution in [1.29, 1.82) is 0 Å². The Bertz CT molecular complexity index is 4.14. The van der Waals surface area contributed by atoms with E-state index in [1.807, 2.05) is 0 Å². The summed E-state index contributed by atoms with van der Waals surface area (Å²) in [7, 11) is 0. The van der Waals surface area contributed by atoms with Gasteiger partial charge in [0, 0.05) is 0 Å². The van der Waals surface area contributed by atoms with Gasteiger partial charge in [0.25, 0.3) is 0 Å². The van der Waals surface area contributed by atoms with E-state index in [0.29, 0.717) is 0 Å². The Labute approximate surface area is 51.1 Å². The van der Waals surface area contributed by atoms with Crippen LogP contribution in [-0.2, 0) is 22.8 Å². The summed E-state index contributed by atoms with van der Waals surface area (Å²) in [5, 5.41) is 0. The van der Waals surface area contributed by atoms with Crippen molar-refractivity contribution in [2.45, 2.75) is 0 Å². The molecule has 6 nitrogen and oxygen atoms in total. The van der Waals surface area contributed by atoms with Crippen molar-refractivity contribution in [3.05, 3.63) is 0 Å². The molecule has 0 bridgehead atoms. The summed E-state index contributed by atoms with van der Waals surface area (Å²) in [5.74, 6) is 0. The van der Waals surface area contributed by atoms with Gasteiger partial charge in [-0.05, 0) is 0 Å². The fraction of sp³-hybridized carbons (Fsp3) is 0. The van der Waals surface area contributed by atoms with Gasteiger partial charge in [0.15, 0.2) is 0 Å². The van der Waals surface area contributed by atoms with E-state index in [-0.39, 0.29) is 50.2 Å². The quantitative estimate of drug-likeness (QED) is 0.389. The fourth-order valence-electron chi connectivity index (χ4n) is 0. The maximum absolute atomic E-state index is 0. The van der Waals surface area contributed by atoms with Crippen molar-refractivity contribution < 1.29 is 50.2 Å². The van der Waals surface area contributed by atoms with E-state index in [1.165, 1.54) is 0 Å². The Morgan fingerprint density at radius 2 is 0.429 bits per heavy atom. The van der Waals surface area contributed by atoms with E-state index in [4.69, 9.17) is 0 Å². The molecule has 0 atom stereocenters. The number of hydrogen-bond acceptors (Lipinski definition) is 5. The monoisotopic (exact) mass is 157 g/mol. The van der Waals surface area contributed by atoms with E-state index < -0.39 is 0 Å². The minimum atomic E-state index is 0. The van der Waals surface area contributed by atoms with Crippen LogP contribution in [0.25, 0.3) is 0 Å². The van der Waals surface area contributed by atoms with Gasteiger partial charge in [0.1, 0.15) is 0 Å². The minimum Gasteiger partial charge on any atom is -0.873 e. The first-order valence-corrected chi connectivity index (χ1v) is 0. The molecule has 0 rings (SSSR count). The SMILES string of the molecule is [Cr+3].[OH-].[OH-].[OH-].[OH-].[OH-].[OH4+2]. The maximum Gasteiger partial charge on any atom is 3.00 e. The van der Waals surface area contributed by atoms with Crippen LogP contribution in [0.2, 0.25) is 0 Å². The van der Waals surface area contributed by atoms with Gasteiger partial charge in [0.2, 0.25) is 0 Å². The molecule has 0 aliphatic rings. The van der Waals surface area contributed by atoms with E-state index in [2.05, 4.69) is 0 Å². The average Bonchev–Trinajstić information content (AvgIpc) is 0. The fourth-order valence-corrected chi connectivity index (χ4v) is 0. The Balaban J connectivity index is 0. The molecule has 0 aromatic carbocycles. The third-order valence-corrected chi connectivity index (χ3v) is 0. The molecule has 0 aromatic heterocycles. The molecular weight excluding hydrogens is 148 g/mol. The molecule has 0 amide bonds. The second kappa shape index (κ2) is 2060.